The maximum atomic E-state index is 12.0. The summed E-state index contributed by atoms with van der Waals surface area (Å²) in [6, 6.07) is 9.32. The minimum atomic E-state index is -1.51. The molecule has 1 aliphatic rings. The zero-order valence-electron chi connectivity index (χ0n) is 12.1. The molecular formula is C15H20BNO5. The lowest BCUT2D eigenvalue weighted by molar-refractivity contribution is -0.120. The van der Waals surface area contributed by atoms with Crippen LogP contribution in [0.5, 0.6) is 0 Å². The van der Waals surface area contributed by atoms with Gasteiger partial charge in [-0.25, -0.2) is 0 Å². The van der Waals surface area contributed by atoms with Gasteiger partial charge in [-0.3, -0.25) is 4.79 Å². The third kappa shape index (κ3) is 5.27. The minimum absolute atomic E-state index is 0.0295. The fourth-order valence-corrected chi connectivity index (χ4v) is 2.32. The molecule has 7 heteroatoms. The van der Waals surface area contributed by atoms with E-state index in [1.807, 2.05) is 30.3 Å². The van der Waals surface area contributed by atoms with Crippen molar-refractivity contribution in [1.82, 2.24) is 5.32 Å². The fourth-order valence-electron chi connectivity index (χ4n) is 2.32. The van der Waals surface area contributed by atoms with Crippen LogP contribution in [0.1, 0.15) is 18.4 Å². The van der Waals surface area contributed by atoms with E-state index in [4.69, 9.17) is 14.9 Å². The molecular weight excluding hydrogens is 285 g/mol. The van der Waals surface area contributed by atoms with Gasteiger partial charge in [-0.2, -0.15) is 0 Å². The SMILES string of the molecule is O=C(Cc1ccccc1)N[C@H]1CC=C[C@H](CC(O)O)OB1O. The Balaban J connectivity index is 1.87. The third-order valence-electron chi connectivity index (χ3n) is 3.40. The van der Waals surface area contributed by atoms with Crippen molar-refractivity contribution in [2.24, 2.45) is 0 Å². The van der Waals surface area contributed by atoms with Gasteiger partial charge in [0.25, 0.3) is 0 Å². The summed E-state index contributed by atoms with van der Waals surface area (Å²) in [6.07, 6.45) is 1.94. The molecule has 1 aromatic rings. The number of amides is 1. The van der Waals surface area contributed by atoms with E-state index in [9.17, 15) is 9.82 Å². The second-order valence-electron chi connectivity index (χ2n) is 5.28. The summed E-state index contributed by atoms with van der Waals surface area (Å²) in [6.45, 7) is 0. The van der Waals surface area contributed by atoms with Gasteiger partial charge in [0, 0.05) is 6.42 Å². The Morgan fingerprint density at radius 1 is 1.36 bits per heavy atom. The highest BCUT2D eigenvalue weighted by Gasteiger charge is 2.32. The molecule has 1 aliphatic heterocycles. The first kappa shape index (κ1) is 16.7. The summed E-state index contributed by atoms with van der Waals surface area (Å²) in [5.41, 5.74) is 0.890. The van der Waals surface area contributed by atoms with Crippen LogP contribution in [0.15, 0.2) is 42.5 Å². The summed E-state index contributed by atoms with van der Waals surface area (Å²) >= 11 is 0. The van der Waals surface area contributed by atoms with E-state index < -0.39 is 25.5 Å². The van der Waals surface area contributed by atoms with E-state index in [0.717, 1.165) is 5.56 Å². The minimum Gasteiger partial charge on any atom is -0.426 e. The summed E-state index contributed by atoms with van der Waals surface area (Å²) in [5, 5.41) is 30.6. The number of rotatable bonds is 5. The Bertz CT molecular complexity index is 508. The molecule has 2 atom stereocenters. The second-order valence-corrected chi connectivity index (χ2v) is 5.28. The van der Waals surface area contributed by atoms with Crippen molar-refractivity contribution in [2.45, 2.75) is 37.6 Å². The molecule has 118 valence electrons. The molecule has 0 aliphatic carbocycles. The molecule has 1 amide bonds. The maximum Gasteiger partial charge on any atom is 0.478 e. The summed E-state index contributed by atoms with van der Waals surface area (Å²) in [7, 11) is -1.20. The lowest BCUT2D eigenvalue weighted by atomic mass is 9.77. The molecule has 0 saturated heterocycles. The van der Waals surface area contributed by atoms with Crippen LogP contribution in [-0.4, -0.2) is 46.6 Å². The van der Waals surface area contributed by atoms with Crippen LogP contribution >= 0.6 is 0 Å². The number of hydrogen-bond donors (Lipinski definition) is 4. The first-order chi connectivity index (χ1) is 10.5. The third-order valence-corrected chi connectivity index (χ3v) is 3.40. The van der Waals surface area contributed by atoms with E-state index in [1.54, 1.807) is 12.2 Å². The first-order valence-corrected chi connectivity index (χ1v) is 7.24. The number of nitrogens with one attached hydrogen (secondary N) is 1. The second kappa shape index (κ2) is 8.10. The van der Waals surface area contributed by atoms with Crippen LogP contribution < -0.4 is 5.32 Å². The van der Waals surface area contributed by atoms with Crippen LogP contribution in [0.4, 0.5) is 0 Å². The van der Waals surface area contributed by atoms with Gasteiger partial charge in [0.15, 0.2) is 6.29 Å². The lowest BCUT2D eigenvalue weighted by Gasteiger charge is -2.21. The highest BCUT2D eigenvalue weighted by atomic mass is 16.5. The monoisotopic (exact) mass is 305 g/mol. The number of benzene rings is 1. The van der Waals surface area contributed by atoms with Crippen molar-refractivity contribution in [1.29, 1.82) is 0 Å². The zero-order valence-corrected chi connectivity index (χ0v) is 12.1. The Hall–Kier alpha value is -1.67. The topological polar surface area (TPSA) is 99.0 Å². The zero-order chi connectivity index (χ0) is 15.9. The Morgan fingerprint density at radius 3 is 2.77 bits per heavy atom. The Kier molecular flexibility index (Phi) is 6.15. The molecule has 0 radical (unpaired) electrons. The lowest BCUT2D eigenvalue weighted by Crippen LogP contribution is -2.48. The fraction of sp³-hybridized carbons (Fsp3) is 0.400. The molecule has 0 spiro atoms. The van der Waals surface area contributed by atoms with Crippen molar-refractivity contribution in [3.05, 3.63) is 48.0 Å². The molecule has 1 heterocycles. The number of carbonyl (C=O) groups excluding carboxylic acids is 1. The predicted molar refractivity (Wildman–Crippen MR) is 81.5 cm³/mol. The average Bonchev–Trinajstić information content (AvgIpc) is 2.61. The van der Waals surface area contributed by atoms with Gasteiger partial charge in [0.1, 0.15) is 0 Å². The number of aliphatic hydroxyl groups is 2. The van der Waals surface area contributed by atoms with Gasteiger partial charge in [0.2, 0.25) is 5.91 Å². The highest BCUT2D eigenvalue weighted by Crippen LogP contribution is 2.13. The van der Waals surface area contributed by atoms with Gasteiger partial charge >= 0.3 is 7.12 Å². The maximum absolute atomic E-state index is 12.0. The molecule has 2 rings (SSSR count). The average molecular weight is 305 g/mol. The van der Waals surface area contributed by atoms with Crippen molar-refractivity contribution in [2.75, 3.05) is 0 Å². The quantitative estimate of drug-likeness (QED) is 0.342. The largest absolute Gasteiger partial charge is 0.478 e. The van der Waals surface area contributed by atoms with E-state index in [-0.39, 0.29) is 18.7 Å². The number of aliphatic hydroxyl groups excluding tert-OH is 1. The van der Waals surface area contributed by atoms with Crippen LogP contribution in [0.3, 0.4) is 0 Å². The number of carbonyl (C=O) groups is 1. The smallest absolute Gasteiger partial charge is 0.426 e. The van der Waals surface area contributed by atoms with E-state index in [1.165, 1.54) is 0 Å². The number of hydrogen-bond acceptors (Lipinski definition) is 5. The predicted octanol–water partition coefficient (Wildman–Crippen LogP) is -0.221. The van der Waals surface area contributed by atoms with Gasteiger partial charge < -0.3 is 25.2 Å². The van der Waals surface area contributed by atoms with Crippen molar-refractivity contribution in [3.8, 4) is 0 Å². The van der Waals surface area contributed by atoms with Crippen LogP contribution in [0, 0.1) is 0 Å². The van der Waals surface area contributed by atoms with Gasteiger partial charge in [0.05, 0.1) is 18.5 Å². The molecule has 6 nitrogen and oxygen atoms in total. The molecule has 0 aromatic heterocycles. The van der Waals surface area contributed by atoms with Gasteiger partial charge in [-0.05, 0) is 12.0 Å². The molecule has 0 saturated carbocycles. The van der Waals surface area contributed by atoms with Crippen molar-refractivity contribution >= 4 is 13.0 Å². The highest BCUT2D eigenvalue weighted by molar-refractivity contribution is 6.45. The van der Waals surface area contributed by atoms with Crippen LogP contribution in [-0.2, 0) is 15.9 Å². The van der Waals surface area contributed by atoms with Gasteiger partial charge in [-0.15, -0.1) is 0 Å². The summed E-state index contributed by atoms with van der Waals surface area (Å²) in [5.74, 6) is -0.763. The molecule has 4 N–H and O–H groups in total. The standard InChI is InChI=1S/C15H20BNO5/c18-14(9-11-5-2-1-3-6-11)17-13-8-4-7-12(10-15(19)20)22-16(13)21/h1-7,12-13,15,19-21H,8-10H2,(H,17,18)/t12-,13+/m1/s1. The van der Waals surface area contributed by atoms with E-state index in [2.05, 4.69) is 5.32 Å². The van der Waals surface area contributed by atoms with Crippen LogP contribution in [0.25, 0.3) is 0 Å². The molecule has 1 aromatic carbocycles. The summed E-state index contributed by atoms with van der Waals surface area (Å²) < 4.78 is 5.32. The van der Waals surface area contributed by atoms with Crippen molar-refractivity contribution < 1.29 is 24.7 Å². The molecule has 22 heavy (non-hydrogen) atoms. The van der Waals surface area contributed by atoms with Crippen molar-refractivity contribution in [3.63, 3.8) is 0 Å². The van der Waals surface area contributed by atoms with E-state index in [0.29, 0.717) is 6.42 Å². The Morgan fingerprint density at radius 2 is 2.09 bits per heavy atom. The normalized spacial score (nSPS) is 21.7. The Labute approximate surface area is 129 Å². The molecule has 0 bridgehead atoms. The van der Waals surface area contributed by atoms with Crippen LogP contribution in [0.2, 0.25) is 0 Å². The summed E-state index contributed by atoms with van der Waals surface area (Å²) in [4.78, 5) is 12.0. The van der Waals surface area contributed by atoms with E-state index >= 15 is 0 Å². The molecule has 0 fully saturated rings. The molecule has 0 unspecified atom stereocenters. The van der Waals surface area contributed by atoms with Gasteiger partial charge in [-0.1, -0.05) is 42.5 Å². The first-order valence-electron chi connectivity index (χ1n) is 7.24.